The molecule has 20 heavy (non-hydrogen) atoms. The Kier molecular flexibility index (Phi) is 7.68. The average molecular weight is 320 g/mol. The molecule has 0 saturated carbocycles. The van der Waals surface area contributed by atoms with Gasteiger partial charge in [0.2, 0.25) is 10.0 Å². The summed E-state index contributed by atoms with van der Waals surface area (Å²) in [7, 11) is -1.82. The monoisotopic (exact) mass is 320 g/mol. The molecule has 0 aliphatic rings. The molecule has 7 heteroatoms. The smallest absolute Gasteiger partial charge is 0.241 e. The summed E-state index contributed by atoms with van der Waals surface area (Å²) in [6.45, 7) is 6.43. The van der Waals surface area contributed by atoms with Gasteiger partial charge in [-0.3, -0.25) is 0 Å². The third kappa shape index (κ3) is 5.49. The number of sulfonamides is 1. The van der Waals surface area contributed by atoms with Crippen LogP contribution in [0, 0.1) is 5.92 Å². The van der Waals surface area contributed by atoms with Crippen LogP contribution in [0.2, 0.25) is 0 Å². The van der Waals surface area contributed by atoms with E-state index in [1.54, 1.807) is 13.2 Å². The van der Waals surface area contributed by atoms with Gasteiger partial charge in [-0.1, -0.05) is 13.8 Å². The summed E-state index contributed by atoms with van der Waals surface area (Å²) < 4.78 is 32.2. The van der Waals surface area contributed by atoms with E-state index in [9.17, 15) is 8.42 Å². The van der Waals surface area contributed by atoms with Gasteiger partial charge in [0.05, 0.1) is 4.90 Å². The van der Waals surface area contributed by atoms with Crippen molar-refractivity contribution in [2.45, 2.75) is 31.7 Å². The largest absolute Gasteiger partial charge is 0.384 e. The lowest BCUT2D eigenvalue weighted by atomic mass is 10.2. The van der Waals surface area contributed by atoms with Crippen LogP contribution in [0.3, 0.4) is 0 Å². The van der Waals surface area contributed by atoms with E-state index in [0.717, 1.165) is 17.8 Å². The third-order valence-corrected chi connectivity index (χ3v) is 5.34. The highest BCUT2D eigenvalue weighted by Crippen LogP contribution is 2.21. The van der Waals surface area contributed by atoms with Crippen LogP contribution in [-0.2, 0) is 21.3 Å². The van der Waals surface area contributed by atoms with Crippen molar-refractivity contribution in [3.8, 4) is 0 Å². The molecule has 0 bridgehead atoms. The first-order valence-electron chi connectivity index (χ1n) is 6.77. The minimum Gasteiger partial charge on any atom is -0.384 e. The van der Waals surface area contributed by atoms with Gasteiger partial charge in [0.25, 0.3) is 0 Å². The molecular weight excluding hydrogens is 296 g/mol. The van der Waals surface area contributed by atoms with Gasteiger partial charge in [0, 0.05) is 31.7 Å². The number of thiophene rings is 1. The van der Waals surface area contributed by atoms with Crippen LogP contribution in [0.25, 0.3) is 0 Å². The molecule has 2 N–H and O–H groups in total. The Bertz CT molecular complexity index is 486. The van der Waals surface area contributed by atoms with Gasteiger partial charge < -0.3 is 10.1 Å². The van der Waals surface area contributed by atoms with E-state index >= 15 is 0 Å². The van der Waals surface area contributed by atoms with E-state index in [1.807, 2.05) is 12.3 Å². The van der Waals surface area contributed by atoms with Crippen molar-refractivity contribution in [1.29, 1.82) is 0 Å². The second-order valence-electron chi connectivity index (χ2n) is 4.80. The molecule has 1 heterocycles. The van der Waals surface area contributed by atoms with Crippen LogP contribution in [0.15, 0.2) is 16.3 Å². The highest BCUT2D eigenvalue weighted by Gasteiger charge is 2.20. The van der Waals surface area contributed by atoms with Gasteiger partial charge in [0.15, 0.2) is 0 Å². The Morgan fingerprint density at radius 1 is 1.45 bits per heavy atom. The first-order chi connectivity index (χ1) is 9.51. The summed E-state index contributed by atoms with van der Waals surface area (Å²) in [4.78, 5) is 1.24. The lowest BCUT2D eigenvalue weighted by Crippen LogP contribution is -2.30. The number of hydrogen-bond donors (Lipinski definition) is 2. The van der Waals surface area contributed by atoms with Gasteiger partial charge in [-0.15, -0.1) is 11.3 Å². The van der Waals surface area contributed by atoms with Gasteiger partial charge in [0.1, 0.15) is 0 Å². The molecule has 5 nitrogen and oxygen atoms in total. The van der Waals surface area contributed by atoms with Crippen molar-refractivity contribution in [2.75, 3.05) is 26.8 Å². The van der Waals surface area contributed by atoms with Crippen molar-refractivity contribution < 1.29 is 13.2 Å². The molecule has 0 aromatic carbocycles. The van der Waals surface area contributed by atoms with Gasteiger partial charge in [-0.25, -0.2) is 13.1 Å². The van der Waals surface area contributed by atoms with Gasteiger partial charge >= 0.3 is 0 Å². The van der Waals surface area contributed by atoms with Crippen molar-refractivity contribution in [3.05, 3.63) is 16.3 Å². The zero-order chi connectivity index (χ0) is 15.0. The van der Waals surface area contributed by atoms with Crippen LogP contribution >= 0.6 is 11.3 Å². The predicted molar refractivity (Wildman–Crippen MR) is 82.5 cm³/mol. The van der Waals surface area contributed by atoms with Crippen LogP contribution in [0.5, 0.6) is 0 Å². The molecule has 0 fully saturated rings. The van der Waals surface area contributed by atoms with E-state index in [4.69, 9.17) is 4.74 Å². The first kappa shape index (κ1) is 17.6. The van der Waals surface area contributed by atoms with Crippen LogP contribution in [0.4, 0.5) is 0 Å². The molecule has 0 spiro atoms. The number of nitrogens with one attached hydrogen (secondary N) is 2. The predicted octanol–water partition coefficient (Wildman–Crippen LogP) is 1.81. The summed E-state index contributed by atoms with van der Waals surface area (Å²) in [5, 5.41) is 5.05. The molecule has 1 aromatic heterocycles. The van der Waals surface area contributed by atoms with Crippen molar-refractivity contribution in [2.24, 2.45) is 5.92 Å². The molecule has 1 atom stereocenters. The van der Waals surface area contributed by atoms with Crippen molar-refractivity contribution in [1.82, 2.24) is 10.0 Å². The molecule has 0 amide bonds. The highest BCUT2D eigenvalue weighted by molar-refractivity contribution is 7.89. The maximum atomic E-state index is 12.3. The Hall–Kier alpha value is -0.470. The number of ether oxygens (including phenoxy) is 1. The zero-order valence-corrected chi connectivity index (χ0v) is 13.9. The first-order valence-corrected chi connectivity index (χ1v) is 9.13. The molecule has 0 aliphatic heterocycles. The molecule has 0 radical (unpaired) electrons. The SMILES string of the molecule is CCCNCc1sccc1S(=O)(=O)NCC(C)COC. The fourth-order valence-corrected chi connectivity index (χ4v) is 4.33. The second-order valence-corrected chi connectivity index (χ2v) is 7.53. The fourth-order valence-electron chi connectivity index (χ4n) is 1.75. The van der Waals surface area contributed by atoms with E-state index in [1.165, 1.54) is 11.3 Å². The van der Waals surface area contributed by atoms with Crippen molar-refractivity contribution in [3.63, 3.8) is 0 Å². The van der Waals surface area contributed by atoms with Gasteiger partial charge in [-0.2, -0.15) is 0 Å². The summed E-state index contributed by atoms with van der Waals surface area (Å²) in [5.74, 6) is 0.148. The summed E-state index contributed by atoms with van der Waals surface area (Å²) in [5.41, 5.74) is 0. The molecule has 116 valence electrons. The fraction of sp³-hybridized carbons (Fsp3) is 0.692. The van der Waals surface area contributed by atoms with E-state index < -0.39 is 10.0 Å². The normalized spacial score (nSPS) is 13.6. The Morgan fingerprint density at radius 3 is 2.85 bits per heavy atom. The van der Waals surface area contributed by atoms with Gasteiger partial charge in [-0.05, 0) is 30.3 Å². The Labute approximate surface area is 125 Å². The molecule has 0 aliphatic carbocycles. The lowest BCUT2D eigenvalue weighted by molar-refractivity contribution is 0.161. The minimum atomic E-state index is -3.43. The van der Waals surface area contributed by atoms with E-state index in [0.29, 0.717) is 24.6 Å². The Balaban J connectivity index is 2.65. The summed E-state index contributed by atoms with van der Waals surface area (Å²) in [6, 6.07) is 1.66. The maximum Gasteiger partial charge on any atom is 0.241 e. The minimum absolute atomic E-state index is 0.148. The quantitative estimate of drug-likeness (QED) is 0.645. The molecule has 1 aromatic rings. The summed E-state index contributed by atoms with van der Waals surface area (Å²) >= 11 is 1.47. The topological polar surface area (TPSA) is 67.4 Å². The number of methoxy groups -OCH3 is 1. The Morgan fingerprint density at radius 2 is 2.20 bits per heavy atom. The van der Waals surface area contributed by atoms with E-state index in [2.05, 4.69) is 17.0 Å². The number of hydrogen-bond acceptors (Lipinski definition) is 5. The lowest BCUT2D eigenvalue weighted by Gasteiger charge is -2.12. The summed E-state index contributed by atoms with van der Waals surface area (Å²) in [6.07, 6.45) is 1.03. The van der Waals surface area contributed by atoms with Crippen molar-refractivity contribution >= 4 is 21.4 Å². The van der Waals surface area contributed by atoms with Crippen LogP contribution in [-0.4, -0.2) is 35.2 Å². The molecule has 1 rings (SSSR count). The van der Waals surface area contributed by atoms with Crippen LogP contribution < -0.4 is 10.0 Å². The molecule has 1 unspecified atom stereocenters. The molecule has 0 saturated heterocycles. The molecular formula is C13H24N2O3S2. The van der Waals surface area contributed by atoms with E-state index in [-0.39, 0.29) is 5.92 Å². The number of rotatable bonds is 10. The third-order valence-electron chi connectivity index (χ3n) is 2.78. The standard InChI is InChI=1S/C13H24N2O3S2/c1-4-6-14-9-12-13(5-7-19-12)20(16,17)15-8-11(2)10-18-3/h5,7,11,14-15H,4,6,8-10H2,1-3H3. The maximum absolute atomic E-state index is 12.3. The zero-order valence-electron chi connectivity index (χ0n) is 12.3. The highest BCUT2D eigenvalue weighted by atomic mass is 32.2. The van der Waals surface area contributed by atoms with Crippen LogP contribution in [0.1, 0.15) is 25.1 Å². The average Bonchev–Trinajstić information content (AvgIpc) is 2.87. The second kappa shape index (κ2) is 8.74.